The summed E-state index contributed by atoms with van der Waals surface area (Å²) in [5.41, 5.74) is 4.03. The highest BCUT2D eigenvalue weighted by Crippen LogP contribution is 2.41. The van der Waals surface area contributed by atoms with Crippen LogP contribution in [0, 0.1) is 18.7 Å². The van der Waals surface area contributed by atoms with Crippen molar-refractivity contribution in [2.75, 3.05) is 39.2 Å². The van der Waals surface area contributed by atoms with Crippen LogP contribution >= 0.6 is 11.6 Å². The van der Waals surface area contributed by atoms with E-state index in [-0.39, 0.29) is 25.7 Å². The number of hydrogen-bond acceptors (Lipinski definition) is 7. The van der Waals surface area contributed by atoms with E-state index in [1.807, 2.05) is 25.1 Å². The molecule has 3 aromatic carbocycles. The number of aliphatic hydroxyl groups excluding tert-OH is 1. The molecule has 0 spiro atoms. The van der Waals surface area contributed by atoms with E-state index < -0.39 is 35.7 Å². The minimum absolute atomic E-state index is 0.0905. The first-order chi connectivity index (χ1) is 21.1. The van der Waals surface area contributed by atoms with Crippen LogP contribution in [0.25, 0.3) is 22.3 Å². The molecule has 2 aliphatic rings. The lowest BCUT2D eigenvalue weighted by molar-refractivity contribution is -0.138. The lowest BCUT2D eigenvalue weighted by atomic mass is 9.94. The average molecular weight is 625 g/mol. The number of rotatable bonds is 8. The molecule has 0 aliphatic carbocycles. The third-order valence-electron chi connectivity index (χ3n) is 8.14. The fourth-order valence-electron chi connectivity index (χ4n) is 5.49. The van der Waals surface area contributed by atoms with Crippen LogP contribution in [0.5, 0.6) is 5.75 Å². The standard InChI is InChI=1S/C32H34ClFN4O6/c1-17-19(6-5-9-25(17)37-30(40)23-15-36-32(42)38(2)31(23)41)21-8-4-7-20(29(21)33)18-12-24(34)22(28(13-18)43-3)14-35-26-10-11-44-16-27(26)39/h4-9,12-13,23,26-27,35,39H,10-11,14-16H2,1-3H3,(H,36,42)(H,37,40)/t23?,26-,27+/m1/s1. The van der Waals surface area contributed by atoms with Crippen molar-refractivity contribution in [1.82, 2.24) is 15.5 Å². The number of urea groups is 1. The lowest BCUT2D eigenvalue weighted by Gasteiger charge is -2.29. The van der Waals surface area contributed by atoms with E-state index in [9.17, 15) is 19.5 Å². The fraction of sp³-hybridized carbons (Fsp3) is 0.344. The molecule has 10 nitrogen and oxygen atoms in total. The summed E-state index contributed by atoms with van der Waals surface area (Å²) >= 11 is 6.95. The van der Waals surface area contributed by atoms with Gasteiger partial charge in [0, 0.05) is 55.2 Å². The van der Waals surface area contributed by atoms with Crippen LogP contribution in [0.4, 0.5) is 14.9 Å². The molecule has 2 fully saturated rings. The topological polar surface area (TPSA) is 129 Å². The maximum atomic E-state index is 15.5. The van der Waals surface area contributed by atoms with E-state index >= 15 is 4.39 Å². The van der Waals surface area contributed by atoms with Crippen molar-refractivity contribution in [2.45, 2.75) is 32.0 Å². The van der Waals surface area contributed by atoms with Gasteiger partial charge < -0.3 is 30.5 Å². The second-order valence-corrected chi connectivity index (χ2v) is 11.2. The van der Waals surface area contributed by atoms with Gasteiger partial charge >= 0.3 is 6.03 Å². The molecule has 3 atom stereocenters. The first kappa shape index (κ1) is 31.4. The fourth-order valence-corrected chi connectivity index (χ4v) is 5.83. The Hall–Kier alpha value is -4.03. The lowest BCUT2D eigenvalue weighted by Crippen LogP contribution is -2.56. The summed E-state index contributed by atoms with van der Waals surface area (Å²) in [6.07, 6.45) is -0.0579. The van der Waals surface area contributed by atoms with Gasteiger partial charge in [-0.2, -0.15) is 0 Å². The number of ether oxygens (including phenoxy) is 2. The van der Waals surface area contributed by atoms with Gasteiger partial charge in [-0.15, -0.1) is 0 Å². The smallest absolute Gasteiger partial charge is 0.323 e. The summed E-state index contributed by atoms with van der Waals surface area (Å²) in [5.74, 6) is -2.31. The Morgan fingerprint density at radius 3 is 2.66 bits per heavy atom. The summed E-state index contributed by atoms with van der Waals surface area (Å²) < 4.78 is 26.3. The summed E-state index contributed by atoms with van der Waals surface area (Å²) in [6.45, 7) is 2.65. The van der Waals surface area contributed by atoms with Crippen molar-refractivity contribution in [3.05, 3.63) is 70.5 Å². The SMILES string of the molecule is COc1cc(-c2cccc(-c3cccc(NC(=O)C4CNC(=O)N(C)C4=O)c3C)c2Cl)cc(F)c1CN[C@@H]1CCOC[C@@H]1O. The summed E-state index contributed by atoms with van der Waals surface area (Å²) in [6, 6.07) is 13.1. The van der Waals surface area contributed by atoms with Gasteiger partial charge in [-0.1, -0.05) is 41.9 Å². The predicted molar refractivity (Wildman–Crippen MR) is 164 cm³/mol. The van der Waals surface area contributed by atoms with Gasteiger partial charge in [-0.05, 0) is 48.2 Å². The molecule has 232 valence electrons. The number of benzene rings is 3. The Labute approximate surface area is 259 Å². The normalized spacial score (nSPS) is 20.3. The van der Waals surface area contributed by atoms with E-state index in [0.29, 0.717) is 57.3 Å². The van der Waals surface area contributed by atoms with Crippen molar-refractivity contribution >= 4 is 35.1 Å². The van der Waals surface area contributed by atoms with Crippen molar-refractivity contribution < 1.29 is 33.4 Å². The molecule has 0 radical (unpaired) electrons. The van der Waals surface area contributed by atoms with Crippen LogP contribution in [0.2, 0.25) is 5.02 Å². The Morgan fingerprint density at radius 1 is 1.18 bits per heavy atom. The third kappa shape index (κ3) is 6.27. The third-order valence-corrected chi connectivity index (χ3v) is 8.55. The molecule has 4 N–H and O–H groups in total. The quantitative estimate of drug-likeness (QED) is 0.278. The molecule has 1 unspecified atom stereocenters. The van der Waals surface area contributed by atoms with Gasteiger partial charge in [0.1, 0.15) is 17.5 Å². The van der Waals surface area contributed by atoms with Crippen molar-refractivity contribution in [1.29, 1.82) is 0 Å². The van der Waals surface area contributed by atoms with Crippen LogP contribution in [-0.4, -0.2) is 73.9 Å². The second-order valence-electron chi connectivity index (χ2n) is 10.8. The first-order valence-corrected chi connectivity index (χ1v) is 14.6. The highest BCUT2D eigenvalue weighted by atomic mass is 35.5. The van der Waals surface area contributed by atoms with E-state index in [1.165, 1.54) is 20.2 Å². The van der Waals surface area contributed by atoms with Gasteiger partial charge in [-0.25, -0.2) is 9.18 Å². The van der Waals surface area contributed by atoms with Crippen molar-refractivity contribution in [3.8, 4) is 28.0 Å². The maximum Gasteiger partial charge on any atom is 0.323 e. The largest absolute Gasteiger partial charge is 0.496 e. The molecule has 2 aliphatic heterocycles. The predicted octanol–water partition coefficient (Wildman–Crippen LogP) is 4.11. The molecule has 0 bridgehead atoms. The van der Waals surface area contributed by atoms with Gasteiger partial charge in [0.2, 0.25) is 11.8 Å². The number of halogens is 2. The molecular formula is C32H34ClFN4O6. The maximum absolute atomic E-state index is 15.5. The van der Waals surface area contributed by atoms with Gasteiger partial charge in [0.25, 0.3) is 0 Å². The minimum atomic E-state index is -1.06. The highest BCUT2D eigenvalue weighted by molar-refractivity contribution is 6.36. The Kier molecular flexibility index (Phi) is 9.50. The Bertz CT molecular complexity index is 1600. The van der Waals surface area contributed by atoms with Crippen LogP contribution in [0.1, 0.15) is 17.5 Å². The van der Waals surface area contributed by atoms with Crippen LogP contribution in [0.15, 0.2) is 48.5 Å². The van der Waals surface area contributed by atoms with E-state index in [1.54, 1.807) is 24.3 Å². The van der Waals surface area contributed by atoms with E-state index in [2.05, 4.69) is 16.0 Å². The number of anilines is 1. The number of carbonyl (C=O) groups excluding carboxylic acids is 3. The van der Waals surface area contributed by atoms with Gasteiger partial charge in [-0.3, -0.25) is 14.5 Å². The molecule has 2 saturated heterocycles. The molecular weight excluding hydrogens is 591 g/mol. The number of aliphatic hydroxyl groups is 1. The number of nitrogens with zero attached hydrogens (tertiary/aromatic N) is 1. The zero-order chi connectivity index (χ0) is 31.5. The number of hydrogen-bond donors (Lipinski definition) is 4. The van der Waals surface area contributed by atoms with Gasteiger partial charge in [0.05, 0.1) is 24.8 Å². The van der Waals surface area contributed by atoms with Crippen LogP contribution < -0.4 is 20.7 Å². The molecule has 0 aromatic heterocycles. The summed E-state index contributed by atoms with van der Waals surface area (Å²) in [5, 5.41) is 19.1. The van der Waals surface area contributed by atoms with E-state index in [4.69, 9.17) is 21.1 Å². The summed E-state index contributed by atoms with van der Waals surface area (Å²) in [4.78, 5) is 38.1. The molecule has 44 heavy (non-hydrogen) atoms. The molecule has 0 saturated carbocycles. The Morgan fingerprint density at radius 2 is 1.91 bits per heavy atom. The van der Waals surface area contributed by atoms with Crippen LogP contribution in [0.3, 0.4) is 0 Å². The Balaban J connectivity index is 1.41. The molecule has 3 aromatic rings. The number of nitrogens with one attached hydrogen (secondary N) is 3. The zero-order valence-corrected chi connectivity index (χ0v) is 25.3. The number of amides is 4. The average Bonchev–Trinajstić information content (AvgIpc) is 3.01. The summed E-state index contributed by atoms with van der Waals surface area (Å²) in [7, 11) is 2.79. The van der Waals surface area contributed by atoms with Crippen LogP contribution in [-0.2, 0) is 20.9 Å². The van der Waals surface area contributed by atoms with Gasteiger partial charge in [0.15, 0.2) is 0 Å². The zero-order valence-electron chi connectivity index (χ0n) is 24.6. The van der Waals surface area contributed by atoms with Crippen molar-refractivity contribution in [2.24, 2.45) is 5.92 Å². The van der Waals surface area contributed by atoms with E-state index in [0.717, 1.165) is 10.5 Å². The minimum Gasteiger partial charge on any atom is -0.496 e. The number of methoxy groups -OCH3 is 1. The number of carbonyl (C=O) groups is 3. The molecule has 2 heterocycles. The molecule has 4 amide bonds. The van der Waals surface area contributed by atoms with Crippen molar-refractivity contribution in [3.63, 3.8) is 0 Å². The molecule has 5 rings (SSSR count). The molecule has 12 heteroatoms. The highest BCUT2D eigenvalue weighted by Gasteiger charge is 2.36. The second kappa shape index (κ2) is 13.3. The first-order valence-electron chi connectivity index (χ1n) is 14.2. The number of imide groups is 1. The monoisotopic (exact) mass is 624 g/mol.